The molecule has 0 aliphatic heterocycles. The summed E-state index contributed by atoms with van der Waals surface area (Å²) in [6, 6.07) is 0. The summed E-state index contributed by atoms with van der Waals surface area (Å²) in [7, 11) is 0.844. The Kier molecular flexibility index (Phi) is 82.4. The number of nitrogens with two attached hydrogens (primary N) is 4. The van der Waals surface area contributed by atoms with Crippen molar-refractivity contribution >= 4 is 93.4 Å². The third-order valence-corrected chi connectivity index (χ3v) is 18.8. The van der Waals surface area contributed by atoms with Gasteiger partial charge in [0.05, 0.1) is 6.26 Å². The largest absolute Gasteiger partial charge is 0.389 e. The molecule has 0 fully saturated rings. The summed E-state index contributed by atoms with van der Waals surface area (Å²) in [5.41, 5.74) is 7.35. The van der Waals surface area contributed by atoms with Gasteiger partial charge in [0.2, 0.25) is 21.9 Å². The van der Waals surface area contributed by atoms with Crippen LogP contribution in [0.3, 0.4) is 0 Å². The number of guanidine groups is 3. The molecule has 39 heteroatoms. The molecule has 0 aromatic carbocycles. The predicted molar refractivity (Wildman–Crippen MR) is 529 cm³/mol. The molecular weight excluding hydrogens is 1690 g/mol. The van der Waals surface area contributed by atoms with Gasteiger partial charge in [0.1, 0.15) is 41.6 Å². The molecule has 0 saturated heterocycles. The molecule has 14 N–H and O–H groups in total. The monoisotopic (exact) mass is 1880 g/mol. The number of sulfonamides is 1. The van der Waals surface area contributed by atoms with Crippen LogP contribution in [0.2, 0.25) is 0 Å². The summed E-state index contributed by atoms with van der Waals surface area (Å²) in [5.74, 6) is 4.87. The van der Waals surface area contributed by atoms with E-state index in [1.807, 2.05) is 27.2 Å². The number of hydrazone groups is 1. The molecule has 0 aliphatic rings. The molecule has 0 spiro atoms. The van der Waals surface area contributed by atoms with Crippen LogP contribution in [0.4, 0.5) is 0 Å². The molecule has 0 rings (SSSR count). The van der Waals surface area contributed by atoms with E-state index in [2.05, 4.69) is 220 Å². The molecule has 126 heavy (non-hydrogen) atoms. The molecule has 0 unspecified atom stereocenters. The average molecular weight is 1880 g/mol. The number of ether oxygens (including phenoxy) is 1. The van der Waals surface area contributed by atoms with Crippen molar-refractivity contribution < 1.29 is 62.9 Å². The van der Waals surface area contributed by atoms with E-state index < -0.39 is 45.7 Å². The maximum atomic E-state index is 11.0. The van der Waals surface area contributed by atoms with Gasteiger partial charge in [-0.25, -0.2) is 33.9 Å². The van der Waals surface area contributed by atoms with Gasteiger partial charge in [-0.3, -0.25) is 44.1 Å². The van der Waals surface area contributed by atoms with Crippen LogP contribution in [0.5, 0.6) is 0 Å². The van der Waals surface area contributed by atoms with E-state index >= 15 is 0 Å². The van der Waals surface area contributed by atoms with Gasteiger partial charge in [-0.05, 0) is 166 Å². The zero-order valence-electron chi connectivity index (χ0n) is 85.6. The number of nitrogens with zero attached hydrogens (tertiary/aromatic N) is 11. The highest BCUT2D eigenvalue weighted by atomic mass is 32.2. The van der Waals surface area contributed by atoms with Gasteiger partial charge < -0.3 is 40.9 Å². The first kappa shape index (κ1) is 138. The normalized spacial score (nSPS) is 12.7. The van der Waals surface area contributed by atoms with Crippen LogP contribution in [0.15, 0.2) is 28.9 Å². The topological polar surface area (TPSA) is 532 Å². The first-order valence-electron chi connectivity index (χ1n) is 44.2. The Hall–Kier alpha value is -6.28. The minimum Gasteiger partial charge on any atom is -0.389 e. The molecule has 0 bridgehead atoms. The number of methoxy groups -OCH3 is 1. The standard InChI is InChI=1S/C11H25N3O2S.C10H20N4.C10H23N3O2S.C10H20O2.C10H20O.C9H20N4O2.2C9H21N3O2S.C9H18O2/c1-11(2,3)9-7-6-8-10(14(4)5)13-17(12,15)16;1-9(2)6-5-7-12-10(13-8-11)14(3)4;1-10(2,3)8-6-5-7-9(12-4)13-16(11,14)15;1-10(2,3)7-5-6-9(11)8-12-4;1-5-9(11)7-6-8-10(2,3)4;1-8(2)6-5-7-10-9(12(3)4)11-13(14)15;1-8(2)6-5-7-11-9(10-3)12-15(4,13)14;1-9(2,3)7-5-4-6-8(10)12-15(11,13)14;1-9(2,3)6-4-5-8(11)7-10/h6-9H2,1-5H3,(H2,12,15,16);9H,5-7H2,1-4H3,(H,12,13);5-8H2,1-4H3,(H,12,13)(H2,11,14,15);5-8H2,1-4H3;5-8H2,1-4H3;8H,5-7H2,1-4H3,(H,10,11);8H,5-7H2,1-4H3,(H2,10,11,12);4-7H2,1-3H3,(H2,10,12)(H2,11,13,14);10H,4-7H2,1-3H3. The number of aliphatic imine (C=N–C) groups is 3. The minimum absolute atomic E-state index is 0.0470. The molecule has 0 atom stereocenters. The van der Waals surface area contributed by atoms with E-state index in [0.29, 0.717) is 125 Å². The number of amidine groups is 3. The van der Waals surface area contributed by atoms with Crippen LogP contribution in [-0.2, 0) is 59.8 Å². The Morgan fingerprint density at radius 2 is 0.865 bits per heavy atom. The van der Waals surface area contributed by atoms with E-state index in [0.717, 1.165) is 160 Å². The van der Waals surface area contributed by atoms with Crippen molar-refractivity contribution in [2.45, 2.75) is 353 Å². The van der Waals surface area contributed by atoms with E-state index in [1.165, 1.54) is 6.42 Å². The highest BCUT2D eigenvalue weighted by Crippen LogP contribution is 2.26. The van der Waals surface area contributed by atoms with Crippen LogP contribution < -0.4 is 46.5 Å². The number of nitriles is 1. The molecule has 750 valence electrons. The zero-order valence-corrected chi connectivity index (χ0v) is 88.9. The number of rotatable bonds is 42. The Morgan fingerprint density at radius 3 is 1.17 bits per heavy atom. The summed E-state index contributed by atoms with van der Waals surface area (Å²) in [6.07, 6.45) is 29.1. The summed E-state index contributed by atoms with van der Waals surface area (Å²) in [5, 5.41) is 52.6. The summed E-state index contributed by atoms with van der Waals surface area (Å²) >= 11 is 0. The number of hydrogen-bond donors (Lipinski definition) is 10. The molecule has 0 amide bonds. The Balaban J connectivity index is -0.000000175. The van der Waals surface area contributed by atoms with E-state index in [1.54, 1.807) is 64.1 Å². The van der Waals surface area contributed by atoms with Crippen molar-refractivity contribution in [3.05, 3.63) is 10.1 Å². The second-order valence-corrected chi connectivity index (χ2v) is 45.7. The molecule has 0 saturated carbocycles. The number of unbranched alkanes of at least 4 members (excludes halogenated alkanes) is 3. The first-order valence-corrected chi connectivity index (χ1v) is 50.7. The Bertz CT molecular complexity index is 3530. The fourth-order valence-corrected chi connectivity index (χ4v) is 12.0. The number of Topliss-reactive ketones (excluding diaryl/α,β-unsaturated/α-hetero) is 3. The molecule has 35 nitrogen and oxygen atoms in total. The summed E-state index contributed by atoms with van der Waals surface area (Å²) in [6.45, 7) is 56.4. The van der Waals surface area contributed by atoms with Crippen LogP contribution in [0, 0.1) is 71.8 Å². The van der Waals surface area contributed by atoms with Crippen molar-refractivity contribution in [3.8, 4) is 6.19 Å². The number of aliphatic hydroxyl groups excluding tert-OH is 1. The molecule has 0 heterocycles. The maximum absolute atomic E-state index is 11.0. The molecule has 0 aromatic heterocycles. The Morgan fingerprint density at radius 1 is 0.500 bits per heavy atom. The van der Waals surface area contributed by atoms with Gasteiger partial charge in [0.15, 0.2) is 22.8 Å². The van der Waals surface area contributed by atoms with Crippen LogP contribution in [0.1, 0.15) is 353 Å². The van der Waals surface area contributed by atoms with Gasteiger partial charge in [-0.1, -0.05) is 192 Å². The van der Waals surface area contributed by atoms with Gasteiger partial charge in [0.25, 0.3) is 16.2 Å². The van der Waals surface area contributed by atoms with Crippen molar-refractivity contribution in [2.75, 3.05) is 103 Å². The highest BCUT2D eigenvalue weighted by molar-refractivity contribution is 7.89. The van der Waals surface area contributed by atoms with E-state index in [-0.39, 0.29) is 30.6 Å². The summed E-state index contributed by atoms with van der Waals surface area (Å²) < 4.78 is 102. The number of carbonyl (C=O) groups is 3. The number of nitro groups is 1. The number of aliphatic hydroxyl groups is 1. The third-order valence-electron chi connectivity index (χ3n) is 16.7. The molecule has 0 aromatic rings. The molecule has 0 radical (unpaired) electrons. The number of carbonyl (C=O) groups excluding carboxylic acids is 3. The fourth-order valence-electron chi connectivity index (χ4n) is 10.0. The lowest BCUT2D eigenvalue weighted by molar-refractivity contribution is -0.485. The predicted octanol–water partition coefficient (Wildman–Crippen LogP) is 14.8. The number of ketones is 3. The van der Waals surface area contributed by atoms with E-state index in [4.69, 9.17) is 36.3 Å². The number of nitrogens with one attached hydrogen (secondary N) is 5. The average Bonchev–Trinajstić information content (AvgIpc) is 0.850. The highest BCUT2D eigenvalue weighted by Gasteiger charge is 2.18. The Labute approximate surface area is 769 Å². The van der Waals surface area contributed by atoms with Gasteiger partial charge in [-0.2, -0.15) is 30.5 Å². The maximum Gasteiger partial charge on any atom is 0.318 e. The minimum atomic E-state index is -3.83. The van der Waals surface area contributed by atoms with Gasteiger partial charge in [-0.15, -0.1) is 8.80 Å². The van der Waals surface area contributed by atoms with Crippen molar-refractivity contribution in [3.63, 3.8) is 0 Å². The smallest absolute Gasteiger partial charge is 0.318 e. The third kappa shape index (κ3) is 133. The summed E-state index contributed by atoms with van der Waals surface area (Å²) in [4.78, 5) is 59.8. The quantitative estimate of drug-likeness (QED) is 0.00516. The van der Waals surface area contributed by atoms with Crippen molar-refractivity contribution in [1.29, 1.82) is 5.26 Å². The second-order valence-electron chi connectivity index (χ2n) is 40.2. The fraction of sp³-hybridized carbons (Fsp3) is 0.885. The van der Waals surface area contributed by atoms with Crippen LogP contribution in [0.25, 0.3) is 0 Å². The van der Waals surface area contributed by atoms with Gasteiger partial charge >= 0.3 is 20.4 Å². The van der Waals surface area contributed by atoms with Gasteiger partial charge in [0, 0.05) is 128 Å². The first-order chi connectivity index (χ1) is 57.0. The lowest BCUT2D eigenvalue weighted by atomic mass is 9.89. The number of hydrogen-bond acceptors (Lipinski definition) is 19. The van der Waals surface area contributed by atoms with Crippen molar-refractivity contribution in [2.24, 2.45) is 100 Å². The van der Waals surface area contributed by atoms with Crippen LogP contribution in [-0.4, -0.2) is 214 Å². The zero-order chi connectivity index (χ0) is 101. The molecular formula is C87H188N20O15S4. The van der Waals surface area contributed by atoms with Crippen LogP contribution >= 0.6 is 0 Å². The van der Waals surface area contributed by atoms with E-state index in [9.17, 15) is 58.2 Å². The lowest BCUT2D eigenvalue weighted by Gasteiger charge is -2.19. The SMILES string of the molecule is CC(C)(C)CCCC(=O)CO.CC(C)(C)CCCCC(N)=NS(N)(=O)=O.CC(C)CCCN/C(=N/[N+](=O)[O-])N(C)C.CC(C)CCCN=C(NC#N)N(C)C.CCC(=O)CCCC(C)(C)C.CN(C)C(CCCCC(C)(C)C)=NS(N)(=O)=O.CN=C(CCCCC(C)(C)C)NS(N)(=O)=O.CN=C(NCCCC(C)C)NS(C)(=O)=O.COCC(=O)CCCC(C)(C)C. The van der Waals surface area contributed by atoms with Crippen molar-refractivity contribution in [1.82, 2.24) is 40.1 Å². The second kappa shape index (κ2) is 75.4. The lowest BCUT2D eigenvalue weighted by Crippen LogP contribution is -2.40. The molecule has 0 aliphatic carbocycles.